The highest BCUT2D eigenvalue weighted by atomic mass is 32.1. The number of aryl methyl sites for hydroxylation is 1. The van der Waals surface area contributed by atoms with Crippen LogP contribution >= 0.6 is 11.3 Å². The van der Waals surface area contributed by atoms with Crippen molar-refractivity contribution in [2.45, 2.75) is 32.6 Å². The Morgan fingerprint density at radius 2 is 2.17 bits per heavy atom. The normalized spacial score (nSPS) is 14.4. The molecule has 0 spiro atoms. The fourth-order valence-corrected chi connectivity index (χ4v) is 3.03. The van der Waals surface area contributed by atoms with E-state index in [9.17, 15) is 0 Å². The third-order valence-electron chi connectivity index (χ3n) is 3.23. The summed E-state index contributed by atoms with van der Waals surface area (Å²) in [6, 6.07) is 6.56. The number of fused-ring (bicyclic) bond motifs is 1. The summed E-state index contributed by atoms with van der Waals surface area (Å²) in [4.78, 5) is 0. The number of rotatable bonds is 2. The highest BCUT2D eigenvalue weighted by molar-refractivity contribution is 7.14. The second-order valence-corrected chi connectivity index (χ2v) is 6.01. The molecule has 0 fully saturated rings. The van der Waals surface area contributed by atoms with Crippen molar-refractivity contribution in [1.29, 1.82) is 0 Å². The molecule has 1 aliphatic heterocycles. The van der Waals surface area contributed by atoms with Gasteiger partial charge in [-0.3, -0.25) is 0 Å². The van der Waals surface area contributed by atoms with Gasteiger partial charge in [0.25, 0.3) is 0 Å². The summed E-state index contributed by atoms with van der Waals surface area (Å²) < 4.78 is 0. The molecule has 0 atom stereocenters. The summed E-state index contributed by atoms with van der Waals surface area (Å²) in [5.74, 6) is 0.454. The number of hydrogen-bond acceptors (Lipinski definition) is 4. The Hall–Kier alpha value is -1.42. The molecule has 3 nitrogen and oxygen atoms in total. The van der Waals surface area contributed by atoms with Crippen molar-refractivity contribution < 1.29 is 0 Å². The molecule has 2 aromatic rings. The largest absolute Gasteiger partial charge is 0.385 e. The zero-order valence-corrected chi connectivity index (χ0v) is 11.5. The van der Waals surface area contributed by atoms with E-state index in [1.807, 2.05) is 0 Å². The monoisotopic (exact) mass is 259 g/mol. The lowest BCUT2D eigenvalue weighted by atomic mass is 10.0. The van der Waals surface area contributed by atoms with Gasteiger partial charge in [-0.2, -0.15) is 0 Å². The fourth-order valence-electron chi connectivity index (χ4n) is 2.19. The molecule has 0 radical (unpaired) electrons. The minimum Gasteiger partial charge on any atom is -0.385 e. The first kappa shape index (κ1) is 11.7. The number of anilines is 1. The van der Waals surface area contributed by atoms with Gasteiger partial charge in [0.05, 0.1) is 0 Å². The van der Waals surface area contributed by atoms with Crippen LogP contribution in [0.15, 0.2) is 18.2 Å². The molecule has 3 rings (SSSR count). The quantitative estimate of drug-likeness (QED) is 0.894. The van der Waals surface area contributed by atoms with E-state index in [1.165, 1.54) is 23.2 Å². The van der Waals surface area contributed by atoms with E-state index in [1.54, 1.807) is 11.3 Å². The number of benzene rings is 1. The third kappa shape index (κ3) is 2.12. The van der Waals surface area contributed by atoms with Gasteiger partial charge in [-0.05, 0) is 36.6 Å². The van der Waals surface area contributed by atoms with Crippen molar-refractivity contribution in [3.05, 3.63) is 28.8 Å². The van der Waals surface area contributed by atoms with Crippen molar-refractivity contribution in [1.82, 2.24) is 10.2 Å². The molecular weight excluding hydrogens is 242 g/mol. The molecule has 0 amide bonds. The Bertz CT molecular complexity index is 560. The number of nitrogens with one attached hydrogen (secondary N) is 1. The maximum absolute atomic E-state index is 4.30. The van der Waals surface area contributed by atoms with Gasteiger partial charge in [-0.15, -0.1) is 10.2 Å². The Morgan fingerprint density at radius 3 is 2.94 bits per heavy atom. The van der Waals surface area contributed by atoms with E-state index in [2.05, 4.69) is 47.6 Å². The molecule has 2 heterocycles. The molecule has 94 valence electrons. The van der Waals surface area contributed by atoms with Gasteiger partial charge in [0, 0.05) is 23.7 Å². The third-order valence-corrected chi connectivity index (χ3v) is 4.50. The molecule has 4 heteroatoms. The summed E-state index contributed by atoms with van der Waals surface area (Å²) in [5.41, 5.74) is 3.88. The van der Waals surface area contributed by atoms with Crippen molar-refractivity contribution in [3.8, 4) is 10.6 Å². The van der Waals surface area contributed by atoms with E-state index in [0.29, 0.717) is 5.92 Å². The molecule has 1 N–H and O–H groups in total. The van der Waals surface area contributed by atoms with Crippen LogP contribution in [-0.4, -0.2) is 16.7 Å². The fraction of sp³-hybridized carbons (Fsp3) is 0.429. The van der Waals surface area contributed by atoms with Crippen molar-refractivity contribution in [3.63, 3.8) is 0 Å². The van der Waals surface area contributed by atoms with Gasteiger partial charge in [0.2, 0.25) is 0 Å². The van der Waals surface area contributed by atoms with Crippen molar-refractivity contribution >= 4 is 17.0 Å². The molecule has 0 aliphatic carbocycles. The first-order chi connectivity index (χ1) is 8.74. The van der Waals surface area contributed by atoms with E-state index in [0.717, 1.165) is 23.0 Å². The van der Waals surface area contributed by atoms with Gasteiger partial charge in [0.1, 0.15) is 10.0 Å². The van der Waals surface area contributed by atoms with Crippen molar-refractivity contribution in [2.24, 2.45) is 0 Å². The smallest absolute Gasteiger partial charge is 0.147 e. The zero-order valence-electron chi connectivity index (χ0n) is 10.7. The van der Waals surface area contributed by atoms with Gasteiger partial charge in [-0.25, -0.2) is 0 Å². The maximum Gasteiger partial charge on any atom is 0.147 e. The van der Waals surface area contributed by atoms with Gasteiger partial charge < -0.3 is 5.32 Å². The SMILES string of the molecule is CC(C)c1nnc(-c2ccc3c(c2)CCCN3)s1. The predicted molar refractivity (Wildman–Crippen MR) is 76.2 cm³/mol. The van der Waals surface area contributed by atoms with Gasteiger partial charge >= 0.3 is 0 Å². The average Bonchev–Trinajstić information content (AvgIpc) is 2.88. The standard InChI is InChI=1S/C14H17N3S/c1-9(2)13-16-17-14(18-13)11-5-6-12-10(8-11)4-3-7-15-12/h5-6,8-9,15H,3-4,7H2,1-2H3. The molecule has 1 aliphatic rings. The summed E-state index contributed by atoms with van der Waals surface area (Å²) in [6.07, 6.45) is 2.37. The average molecular weight is 259 g/mol. The van der Waals surface area contributed by atoms with Crippen LogP contribution in [0.25, 0.3) is 10.6 Å². The van der Waals surface area contributed by atoms with Crippen LogP contribution in [0.4, 0.5) is 5.69 Å². The molecule has 18 heavy (non-hydrogen) atoms. The lowest BCUT2D eigenvalue weighted by Crippen LogP contribution is -2.11. The molecule has 0 bridgehead atoms. The summed E-state index contributed by atoms with van der Waals surface area (Å²) in [5, 5.41) is 14.1. The van der Waals surface area contributed by atoms with Crippen LogP contribution in [0.2, 0.25) is 0 Å². The highest BCUT2D eigenvalue weighted by Gasteiger charge is 2.13. The Morgan fingerprint density at radius 1 is 1.28 bits per heavy atom. The van der Waals surface area contributed by atoms with Gasteiger partial charge in [-0.1, -0.05) is 25.2 Å². The minimum absolute atomic E-state index is 0.454. The Kier molecular flexibility index (Phi) is 3.04. The molecule has 0 saturated carbocycles. The van der Waals surface area contributed by atoms with Crippen LogP contribution in [0.5, 0.6) is 0 Å². The van der Waals surface area contributed by atoms with Crippen LogP contribution in [-0.2, 0) is 6.42 Å². The molecule has 1 aromatic heterocycles. The van der Waals surface area contributed by atoms with Gasteiger partial charge in [0.15, 0.2) is 0 Å². The lowest BCUT2D eigenvalue weighted by molar-refractivity contribution is 0.824. The predicted octanol–water partition coefficient (Wildman–Crippen LogP) is 3.69. The van der Waals surface area contributed by atoms with E-state index < -0.39 is 0 Å². The first-order valence-electron chi connectivity index (χ1n) is 6.44. The van der Waals surface area contributed by atoms with E-state index in [-0.39, 0.29) is 0 Å². The number of nitrogens with zero attached hydrogens (tertiary/aromatic N) is 2. The summed E-state index contributed by atoms with van der Waals surface area (Å²) in [6.45, 7) is 5.39. The number of aromatic nitrogens is 2. The molecule has 0 saturated heterocycles. The topological polar surface area (TPSA) is 37.8 Å². The van der Waals surface area contributed by atoms with Crippen LogP contribution < -0.4 is 5.32 Å². The second kappa shape index (κ2) is 4.69. The molecule has 1 aromatic carbocycles. The molecule has 0 unspecified atom stereocenters. The summed E-state index contributed by atoms with van der Waals surface area (Å²) in [7, 11) is 0. The molecular formula is C14H17N3S. The van der Waals surface area contributed by atoms with Crippen LogP contribution in [0.3, 0.4) is 0 Å². The second-order valence-electron chi connectivity index (χ2n) is 5.00. The first-order valence-corrected chi connectivity index (χ1v) is 7.26. The Balaban J connectivity index is 1.95. The van der Waals surface area contributed by atoms with Crippen LogP contribution in [0, 0.1) is 0 Å². The van der Waals surface area contributed by atoms with Crippen LogP contribution in [0.1, 0.15) is 36.8 Å². The zero-order chi connectivity index (χ0) is 12.5. The highest BCUT2D eigenvalue weighted by Crippen LogP contribution is 2.31. The Labute approximate surface area is 111 Å². The van der Waals surface area contributed by atoms with E-state index >= 15 is 0 Å². The lowest BCUT2D eigenvalue weighted by Gasteiger charge is -2.18. The maximum atomic E-state index is 4.30. The van der Waals surface area contributed by atoms with Crippen molar-refractivity contribution in [2.75, 3.05) is 11.9 Å². The summed E-state index contributed by atoms with van der Waals surface area (Å²) >= 11 is 1.70. The minimum atomic E-state index is 0.454. The number of hydrogen-bond donors (Lipinski definition) is 1. The van der Waals surface area contributed by atoms with E-state index in [4.69, 9.17) is 0 Å².